The maximum atomic E-state index is 13.5. The third kappa shape index (κ3) is 6.32. The second-order valence-corrected chi connectivity index (χ2v) is 11.4. The van der Waals surface area contributed by atoms with Gasteiger partial charge in [0, 0.05) is 65.4 Å². The van der Waals surface area contributed by atoms with Crippen LogP contribution in [0.4, 0.5) is 5.69 Å². The zero-order chi connectivity index (χ0) is 24.2. The van der Waals surface area contributed by atoms with Gasteiger partial charge in [-0.2, -0.15) is 4.31 Å². The Morgan fingerprint density at radius 1 is 1.06 bits per heavy atom. The smallest absolute Gasteiger partial charge is 0.270 e. The van der Waals surface area contributed by atoms with Crippen LogP contribution in [0.3, 0.4) is 0 Å². The number of halogens is 3. The van der Waals surface area contributed by atoms with Gasteiger partial charge in [-0.1, -0.05) is 35.0 Å². The van der Waals surface area contributed by atoms with Gasteiger partial charge < -0.3 is 4.90 Å². The van der Waals surface area contributed by atoms with E-state index >= 15 is 0 Å². The molecule has 0 unspecified atom stereocenters. The molecular formula is C20H20Cl3N3O5S2. The van der Waals surface area contributed by atoms with Crippen LogP contribution in [-0.4, -0.2) is 60.5 Å². The lowest BCUT2D eigenvalue weighted by molar-refractivity contribution is -0.385. The van der Waals surface area contributed by atoms with E-state index in [9.17, 15) is 23.3 Å². The van der Waals surface area contributed by atoms with E-state index in [0.29, 0.717) is 33.7 Å². The number of amides is 1. The van der Waals surface area contributed by atoms with Gasteiger partial charge in [0.15, 0.2) is 0 Å². The molecule has 1 saturated heterocycles. The number of sulfonamides is 1. The minimum absolute atomic E-state index is 0.0742. The van der Waals surface area contributed by atoms with Crippen LogP contribution >= 0.6 is 46.6 Å². The number of nitro benzene ring substituents is 1. The Morgan fingerprint density at radius 2 is 1.76 bits per heavy atom. The number of nitrogens with zero attached hydrogens (tertiary/aromatic N) is 3. The normalized spacial score (nSPS) is 14.9. The minimum Gasteiger partial charge on any atom is -0.340 e. The number of alkyl halides is 1. The summed E-state index contributed by atoms with van der Waals surface area (Å²) < 4.78 is 28.2. The van der Waals surface area contributed by atoms with E-state index in [1.54, 1.807) is 23.1 Å². The van der Waals surface area contributed by atoms with Crippen LogP contribution in [-0.2, 0) is 14.8 Å². The van der Waals surface area contributed by atoms with Crippen molar-refractivity contribution in [3.63, 3.8) is 0 Å². The zero-order valence-electron chi connectivity index (χ0n) is 17.2. The Bertz CT molecular complexity index is 1160. The molecule has 33 heavy (non-hydrogen) atoms. The van der Waals surface area contributed by atoms with Crippen LogP contribution in [0, 0.1) is 10.1 Å². The first-order chi connectivity index (χ1) is 15.6. The predicted octanol–water partition coefficient (Wildman–Crippen LogP) is 4.90. The van der Waals surface area contributed by atoms with Crippen molar-refractivity contribution in [1.29, 1.82) is 0 Å². The molecule has 2 aromatic carbocycles. The summed E-state index contributed by atoms with van der Waals surface area (Å²) in [6.45, 7) is 0.634. The highest BCUT2D eigenvalue weighted by Gasteiger charge is 2.33. The van der Waals surface area contributed by atoms with Crippen LogP contribution in [0.1, 0.15) is 12.8 Å². The minimum atomic E-state index is -4.08. The number of hydrogen-bond donors (Lipinski definition) is 0. The van der Waals surface area contributed by atoms with Crippen molar-refractivity contribution in [3.8, 4) is 0 Å². The molecule has 0 radical (unpaired) electrons. The average Bonchev–Trinajstić information content (AvgIpc) is 2.80. The van der Waals surface area contributed by atoms with Crippen molar-refractivity contribution in [2.45, 2.75) is 27.5 Å². The fraction of sp³-hybridized carbons (Fsp3) is 0.350. The van der Waals surface area contributed by atoms with Gasteiger partial charge in [-0.25, -0.2) is 8.42 Å². The van der Waals surface area contributed by atoms with Gasteiger partial charge in [0.05, 0.1) is 9.95 Å². The van der Waals surface area contributed by atoms with Crippen LogP contribution in [0.5, 0.6) is 0 Å². The molecule has 13 heteroatoms. The summed E-state index contributed by atoms with van der Waals surface area (Å²) in [5.74, 6) is 0.305. The first-order valence-electron chi connectivity index (χ1n) is 9.88. The van der Waals surface area contributed by atoms with Gasteiger partial charge in [-0.15, -0.1) is 11.6 Å². The standard InChI is InChI=1S/C20H20Cl3N3O5S2/c21-7-1-2-20(27)24-8-10-25(11-9-24)33(30,31)19-13-15(26(28)29)4-6-17(19)32-18-12-14(22)3-5-16(18)23/h3-6,12-13H,1-2,7-11H2. The van der Waals surface area contributed by atoms with E-state index in [2.05, 4.69) is 0 Å². The number of rotatable bonds is 8. The molecule has 1 amide bonds. The number of benzene rings is 2. The Morgan fingerprint density at radius 3 is 2.39 bits per heavy atom. The maximum Gasteiger partial charge on any atom is 0.270 e. The second-order valence-electron chi connectivity index (χ2n) is 7.14. The number of carbonyl (C=O) groups is 1. The van der Waals surface area contributed by atoms with Gasteiger partial charge in [0.25, 0.3) is 5.69 Å². The number of non-ortho nitro benzene ring substituents is 1. The number of carbonyl (C=O) groups excluding carboxylic acids is 1. The molecule has 178 valence electrons. The first-order valence-corrected chi connectivity index (χ1v) is 13.4. The van der Waals surface area contributed by atoms with Crippen LogP contribution < -0.4 is 0 Å². The quantitative estimate of drug-likeness (QED) is 0.262. The fourth-order valence-electron chi connectivity index (χ4n) is 3.26. The number of piperazine rings is 1. The van der Waals surface area contributed by atoms with Crippen molar-refractivity contribution in [2.75, 3.05) is 32.1 Å². The molecule has 0 aliphatic carbocycles. The summed E-state index contributed by atoms with van der Waals surface area (Å²) in [6.07, 6.45) is 0.863. The Kier molecular flexibility index (Phi) is 8.88. The van der Waals surface area contributed by atoms with E-state index in [1.165, 1.54) is 16.4 Å². The lowest BCUT2D eigenvalue weighted by Crippen LogP contribution is -2.50. The SMILES string of the molecule is O=C(CCCCl)N1CCN(S(=O)(=O)c2cc([N+](=O)[O-])ccc2Sc2cc(Cl)ccc2Cl)CC1. The lowest BCUT2D eigenvalue weighted by atomic mass is 10.2. The maximum absolute atomic E-state index is 13.5. The second kappa shape index (κ2) is 11.2. The van der Waals surface area contributed by atoms with E-state index in [1.807, 2.05) is 0 Å². The van der Waals surface area contributed by atoms with Gasteiger partial charge in [0.1, 0.15) is 4.90 Å². The Labute approximate surface area is 211 Å². The molecule has 1 heterocycles. The number of nitro groups is 1. The largest absolute Gasteiger partial charge is 0.340 e. The summed E-state index contributed by atoms with van der Waals surface area (Å²) >= 11 is 19.0. The summed E-state index contributed by atoms with van der Waals surface area (Å²) in [5.41, 5.74) is -0.343. The highest BCUT2D eigenvalue weighted by atomic mass is 35.5. The molecule has 0 bridgehead atoms. The highest BCUT2D eigenvalue weighted by Crippen LogP contribution is 2.40. The molecule has 0 saturated carbocycles. The average molecular weight is 553 g/mol. The van der Waals surface area contributed by atoms with Crippen LogP contribution in [0.25, 0.3) is 0 Å². The highest BCUT2D eigenvalue weighted by molar-refractivity contribution is 8.00. The predicted molar refractivity (Wildman–Crippen MR) is 129 cm³/mol. The van der Waals surface area contributed by atoms with E-state index < -0.39 is 14.9 Å². The van der Waals surface area contributed by atoms with Crippen LogP contribution in [0.2, 0.25) is 10.0 Å². The molecule has 1 aliphatic heterocycles. The molecular weight excluding hydrogens is 533 g/mol. The summed E-state index contributed by atoms with van der Waals surface area (Å²) in [7, 11) is -4.08. The van der Waals surface area contributed by atoms with Crippen molar-refractivity contribution in [3.05, 3.63) is 56.6 Å². The summed E-state index contributed by atoms with van der Waals surface area (Å²) in [6, 6.07) is 8.47. The molecule has 0 aromatic heterocycles. The van der Waals surface area contributed by atoms with E-state index in [0.717, 1.165) is 17.8 Å². The summed E-state index contributed by atoms with van der Waals surface area (Å²) in [4.78, 5) is 25.1. The molecule has 0 atom stereocenters. The molecule has 0 N–H and O–H groups in total. The molecule has 8 nitrogen and oxygen atoms in total. The lowest BCUT2D eigenvalue weighted by Gasteiger charge is -2.34. The molecule has 1 aliphatic rings. The van der Waals surface area contributed by atoms with Crippen molar-refractivity contribution in [1.82, 2.24) is 9.21 Å². The topological polar surface area (TPSA) is 101 Å². The fourth-order valence-corrected chi connectivity index (χ4v) is 6.71. The van der Waals surface area contributed by atoms with Gasteiger partial charge in [-0.3, -0.25) is 14.9 Å². The Balaban J connectivity index is 1.90. The van der Waals surface area contributed by atoms with Crippen molar-refractivity contribution >= 4 is 68.2 Å². The summed E-state index contributed by atoms with van der Waals surface area (Å²) in [5, 5.41) is 12.1. The van der Waals surface area contributed by atoms with Gasteiger partial charge >= 0.3 is 0 Å². The first kappa shape index (κ1) is 26.1. The van der Waals surface area contributed by atoms with Gasteiger partial charge in [0.2, 0.25) is 15.9 Å². The molecule has 3 rings (SSSR count). The zero-order valence-corrected chi connectivity index (χ0v) is 21.1. The van der Waals surface area contributed by atoms with Crippen molar-refractivity contribution in [2.24, 2.45) is 0 Å². The third-order valence-electron chi connectivity index (χ3n) is 4.98. The van der Waals surface area contributed by atoms with E-state index in [4.69, 9.17) is 34.8 Å². The molecule has 2 aromatic rings. The molecule has 0 spiro atoms. The third-order valence-corrected chi connectivity index (χ3v) is 9.13. The van der Waals surface area contributed by atoms with E-state index in [-0.39, 0.29) is 47.6 Å². The molecule has 1 fully saturated rings. The van der Waals surface area contributed by atoms with Gasteiger partial charge in [-0.05, 0) is 30.7 Å². The Hall–Kier alpha value is -1.56. The van der Waals surface area contributed by atoms with Crippen molar-refractivity contribution < 1.29 is 18.1 Å². The number of hydrogen-bond acceptors (Lipinski definition) is 6. The van der Waals surface area contributed by atoms with Crippen LogP contribution in [0.15, 0.2) is 51.1 Å². The monoisotopic (exact) mass is 551 g/mol.